The number of halogens is 1. The fourth-order valence-corrected chi connectivity index (χ4v) is 5.58. The van der Waals surface area contributed by atoms with Gasteiger partial charge in [-0.1, -0.05) is 23.7 Å². The molecule has 5 atom stereocenters. The number of nitrogens with one attached hydrogen (secondary N) is 1. The van der Waals surface area contributed by atoms with E-state index in [1.54, 1.807) is 23.2 Å². The molecule has 34 heavy (non-hydrogen) atoms. The lowest BCUT2D eigenvalue weighted by atomic mass is 10.1. The number of aromatic nitrogens is 3. The molecule has 3 heterocycles. The van der Waals surface area contributed by atoms with E-state index in [-0.39, 0.29) is 42.1 Å². The normalized spacial score (nSPS) is 26.9. The number of hydrogen-bond acceptors (Lipinski definition) is 5. The minimum atomic E-state index is -0.473. The van der Waals surface area contributed by atoms with Crippen LogP contribution in [-0.4, -0.2) is 55.4 Å². The third-order valence-electron chi connectivity index (χ3n) is 7.22. The van der Waals surface area contributed by atoms with Crippen LogP contribution in [0.15, 0.2) is 42.6 Å². The summed E-state index contributed by atoms with van der Waals surface area (Å²) in [6.07, 6.45) is 4.11. The first-order chi connectivity index (χ1) is 16.4. The average molecular weight is 478 g/mol. The zero-order chi connectivity index (χ0) is 23.6. The van der Waals surface area contributed by atoms with Crippen molar-refractivity contribution in [2.75, 3.05) is 0 Å². The number of rotatable bonds is 6. The third kappa shape index (κ3) is 3.66. The van der Waals surface area contributed by atoms with E-state index < -0.39 is 6.04 Å². The maximum atomic E-state index is 13.4. The van der Waals surface area contributed by atoms with Crippen molar-refractivity contribution in [3.05, 3.63) is 58.9 Å². The highest BCUT2D eigenvalue weighted by Crippen LogP contribution is 2.48. The molecule has 8 nitrogen and oxygen atoms in total. The maximum Gasteiger partial charge on any atom is 0.245 e. The number of amides is 2. The highest BCUT2D eigenvalue weighted by Gasteiger charge is 2.56. The molecule has 9 heteroatoms. The number of carbonyl (C=O) groups excluding carboxylic acids is 3. The van der Waals surface area contributed by atoms with Crippen LogP contribution in [0.25, 0.3) is 11.0 Å². The molecule has 0 spiro atoms. The quantitative estimate of drug-likeness (QED) is 0.550. The summed E-state index contributed by atoms with van der Waals surface area (Å²) in [5.41, 5.74) is 1.92. The van der Waals surface area contributed by atoms with Crippen molar-refractivity contribution in [2.45, 2.75) is 56.8 Å². The molecule has 3 fully saturated rings. The van der Waals surface area contributed by atoms with Gasteiger partial charge in [-0.2, -0.15) is 5.10 Å². The van der Waals surface area contributed by atoms with Crippen LogP contribution in [0.1, 0.15) is 48.2 Å². The SMILES string of the molecule is CC(=O)c1nn(CC(=O)N2[C@@H]3C[C@@H]3C[C@H]2C(=O)NC2C[C@@H]2c2cccc(Cl)c2)c2ncccc12. The molecule has 1 N–H and O–H groups in total. The molecule has 0 radical (unpaired) electrons. The second-order valence-corrected chi connectivity index (χ2v) is 10.0. The molecule has 1 saturated heterocycles. The maximum absolute atomic E-state index is 13.4. The van der Waals surface area contributed by atoms with Crippen molar-refractivity contribution in [2.24, 2.45) is 5.92 Å². The zero-order valence-corrected chi connectivity index (χ0v) is 19.4. The van der Waals surface area contributed by atoms with Crippen molar-refractivity contribution in [3.63, 3.8) is 0 Å². The topological polar surface area (TPSA) is 97.2 Å². The van der Waals surface area contributed by atoms with Gasteiger partial charge in [0, 0.05) is 36.1 Å². The monoisotopic (exact) mass is 477 g/mol. The van der Waals surface area contributed by atoms with E-state index in [2.05, 4.69) is 15.4 Å². The second-order valence-electron chi connectivity index (χ2n) is 9.56. The van der Waals surface area contributed by atoms with Crippen LogP contribution in [-0.2, 0) is 16.1 Å². The van der Waals surface area contributed by atoms with Gasteiger partial charge in [-0.25, -0.2) is 9.67 Å². The smallest absolute Gasteiger partial charge is 0.245 e. The van der Waals surface area contributed by atoms with Gasteiger partial charge in [-0.3, -0.25) is 14.4 Å². The van der Waals surface area contributed by atoms with Crippen LogP contribution >= 0.6 is 11.6 Å². The number of nitrogens with zero attached hydrogens (tertiary/aromatic N) is 4. The predicted octanol–water partition coefficient (Wildman–Crippen LogP) is 2.95. The number of carbonyl (C=O) groups is 3. The van der Waals surface area contributed by atoms with Gasteiger partial charge < -0.3 is 10.2 Å². The first kappa shape index (κ1) is 21.3. The molecule has 2 aliphatic carbocycles. The molecule has 6 rings (SSSR count). The van der Waals surface area contributed by atoms with E-state index in [1.807, 2.05) is 24.3 Å². The number of benzene rings is 1. The zero-order valence-electron chi connectivity index (χ0n) is 18.6. The van der Waals surface area contributed by atoms with E-state index in [1.165, 1.54) is 11.6 Å². The van der Waals surface area contributed by atoms with Crippen LogP contribution in [0.2, 0.25) is 5.02 Å². The van der Waals surface area contributed by atoms with Gasteiger partial charge in [-0.05, 0) is 55.0 Å². The third-order valence-corrected chi connectivity index (χ3v) is 7.45. The van der Waals surface area contributed by atoms with Gasteiger partial charge >= 0.3 is 0 Å². The molecule has 3 aromatic rings. The van der Waals surface area contributed by atoms with E-state index >= 15 is 0 Å². The Balaban J connectivity index is 1.17. The first-order valence-corrected chi connectivity index (χ1v) is 12.0. The summed E-state index contributed by atoms with van der Waals surface area (Å²) >= 11 is 6.11. The largest absolute Gasteiger partial charge is 0.351 e. The van der Waals surface area contributed by atoms with Crippen molar-refractivity contribution in [1.82, 2.24) is 25.0 Å². The molecule has 1 aromatic carbocycles. The average Bonchev–Trinajstić information content (AvgIpc) is 3.69. The molecular formula is C25H24ClN5O3. The molecule has 1 aliphatic heterocycles. The molecule has 174 valence electrons. The summed E-state index contributed by atoms with van der Waals surface area (Å²) in [7, 11) is 0. The summed E-state index contributed by atoms with van der Waals surface area (Å²) < 4.78 is 1.48. The number of hydrogen-bond donors (Lipinski definition) is 1. The number of Topliss-reactive ketones (excluding diaryl/α,β-unsaturated/α-hetero) is 1. The molecular weight excluding hydrogens is 454 g/mol. The molecule has 3 aliphatic rings. The number of fused-ring (bicyclic) bond motifs is 2. The fourth-order valence-electron chi connectivity index (χ4n) is 5.38. The van der Waals surface area contributed by atoms with Crippen LogP contribution in [0.5, 0.6) is 0 Å². The Morgan fingerprint density at radius 2 is 2.00 bits per heavy atom. The minimum Gasteiger partial charge on any atom is -0.351 e. The van der Waals surface area contributed by atoms with Crippen LogP contribution in [0, 0.1) is 5.92 Å². The predicted molar refractivity (Wildman–Crippen MR) is 125 cm³/mol. The van der Waals surface area contributed by atoms with Gasteiger partial charge in [0.15, 0.2) is 11.4 Å². The lowest BCUT2D eigenvalue weighted by Gasteiger charge is -2.27. The number of pyridine rings is 1. The Labute approximate surface area is 201 Å². The van der Waals surface area contributed by atoms with Gasteiger partial charge in [0.2, 0.25) is 11.8 Å². The summed E-state index contributed by atoms with van der Waals surface area (Å²) in [5, 5.41) is 8.83. The molecule has 2 saturated carbocycles. The Kier molecular flexibility index (Phi) is 4.95. The van der Waals surface area contributed by atoms with Gasteiger partial charge in [0.25, 0.3) is 0 Å². The number of ketones is 1. The van der Waals surface area contributed by atoms with Crippen LogP contribution < -0.4 is 5.32 Å². The summed E-state index contributed by atoms with van der Waals surface area (Å²) in [6.45, 7) is 1.40. The van der Waals surface area contributed by atoms with Gasteiger partial charge in [-0.15, -0.1) is 0 Å². The Morgan fingerprint density at radius 3 is 2.79 bits per heavy atom. The van der Waals surface area contributed by atoms with Crippen LogP contribution in [0.3, 0.4) is 0 Å². The van der Waals surface area contributed by atoms with Crippen LogP contribution in [0.4, 0.5) is 0 Å². The molecule has 2 aromatic heterocycles. The van der Waals surface area contributed by atoms with E-state index in [0.29, 0.717) is 34.1 Å². The summed E-state index contributed by atoms with van der Waals surface area (Å²) in [4.78, 5) is 44.6. The van der Waals surface area contributed by atoms with Crippen molar-refractivity contribution < 1.29 is 14.4 Å². The number of likely N-dealkylation sites (tertiary alicyclic amines) is 1. The highest BCUT2D eigenvalue weighted by atomic mass is 35.5. The van der Waals surface area contributed by atoms with Crippen molar-refractivity contribution >= 4 is 40.2 Å². The Hall–Kier alpha value is -3.26. The summed E-state index contributed by atoms with van der Waals surface area (Å²) in [6, 6.07) is 11.0. The Bertz CT molecular complexity index is 1340. The molecule has 1 unspecified atom stereocenters. The Morgan fingerprint density at radius 1 is 1.15 bits per heavy atom. The minimum absolute atomic E-state index is 0.0532. The first-order valence-electron chi connectivity index (χ1n) is 11.6. The van der Waals surface area contributed by atoms with E-state index in [0.717, 1.165) is 18.4 Å². The van der Waals surface area contributed by atoms with Crippen molar-refractivity contribution in [3.8, 4) is 0 Å². The van der Waals surface area contributed by atoms with E-state index in [4.69, 9.17) is 11.6 Å². The second kappa shape index (κ2) is 7.91. The lowest BCUT2D eigenvalue weighted by Crippen LogP contribution is -2.49. The van der Waals surface area contributed by atoms with E-state index in [9.17, 15) is 14.4 Å². The van der Waals surface area contributed by atoms with Gasteiger partial charge in [0.1, 0.15) is 18.3 Å². The van der Waals surface area contributed by atoms with Crippen molar-refractivity contribution in [1.29, 1.82) is 0 Å². The molecule has 0 bridgehead atoms. The standard InChI is InChI=1S/C25H24ClN5O3/c1-13(32)23-17-6-3-7-27-24(17)30(29-23)12-22(33)31-20-9-15(20)10-21(31)25(34)28-19-11-18(19)14-4-2-5-16(26)8-14/h2-8,15,18-21H,9-12H2,1H3,(H,28,34)/t15-,18-,19?,20-,21+/m1/s1. The lowest BCUT2D eigenvalue weighted by molar-refractivity contribution is -0.140. The number of piperidine rings is 1. The van der Waals surface area contributed by atoms with Gasteiger partial charge in [0.05, 0.1) is 5.39 Å². The highest BCUT2D eigenvalue weighted by molar-refractivity contribution is 6.30. The fraction of sp³-hybridized carbons (Fsp3) is 0.400. The summed E-state index contributed by atoms with van der Waals surface area (Å²) in [5.74, 6) is 0.196. The molecule has 2 amide bonds.